The van der Waals surface area contributed by atoms with E-state index >= 15 is 0 Å². The van der Waals surface area contributed by atoms with Crippen molar-refractivity contribution in [3.8, 4) is 22.5 Å². The minimum atomic E-state index is -0.512. The van der Waals surface area contributed by atoms with Gasteiger partial charge in [0.25, 0.3) is 0 Å². The molecule has 4 aromatic heterocycles. The van der Waals surface area contributed by atoms with Crippen LogP contribution in [0, 0.1) is 11.6 Å². The molecule has 0 aliphatic rings. The van der Waals surface area contributed by atoms with Gasteiger partial charge in [-0.05, 0) is 48.5 Å². The maximum atomic E-state index is 13.3. The quantitative estimate of drug-likeness (QED) is 0.0619. The summed E-state index contributed by atoms with van der Waals surface area (Å²) in [5, 5.41) is 15.0. The number of nitrogens with one attached hydrogen (secondary N) is 2. The summed E-state index contributed by atoms with van der Waals surface area (Å²) in [6, 6.07) is 27.1. The van der Waals surface area contributed by atoms with Crippen molar-refractivity contribution in [3.05, 3.63) is 151 Å². The zero-order valence-corrected chi connectivity index (χ0v) is 32.1. The van der Waals surface area contributed by atoms with Crippen molar-refractivity contribution in [2.75, 3.05) is 10.9 Å². The topological polar surface area (TPSA) is 135 Å². The maximum absolute atomic E-state index is 13.3. The minimum absolute atomic E-state index is 0.148. The molecule has 4 aromatic carbocycles. The summed E-state index contributed by atoms with van der Waals surface area (Å²) < 4.78 is 40.0. The summed E-state index contributed by atoms with van der Waals surface area (Å²) in [7, 11) is 0. The van der Waals surface area contributed by atoms with Crippen LogP contribution < -0.4 is 31.0 Å². The molecule has 8 aromatic rings. The van der Waals surface area contributed by atoms with Crippen molar-refractivity contribution in [2.24, 2.45) is 10.2 Å². The molecule has 0 spiro atoms. The van der Waals surface area contributed by atoms with Gasteiger partial charge in [-0.25, -0.2) is 8.78 Å². The monoisotopic (exact) mass is 836 g/mol. The molecule has 0 unspecified atom stereocenters. The van der Waals surface area contributed by atoms with Crippen molar-refractivity contribution in [1.82, 2.24) is 9.97 Å². The first-order chi connectivity index (χ1) is 26.6. The molecule has 10 nitrogen and oxygen atoms in total. The zero-order valence-electron chi connectivity index (χ0n) is 28.8. The zero-order chi connectivity index (χ0) is 38.1. The van der Waals surface area contributed by atoms with Crippen molar-refractivity contribution < 1.29 is 17.6 Å². The van der Waals surface area contributed by atoms with Crippen LogP contribution >= 0.6 is 22.7 Å². The second kappa shape index (κ2) is 15.3. The van der Waals surface area contributed by atoms with Crippen LogP contribution in [0.25, 0.3) is 44.5 Å². The van der Waals surface area contributed by atoms with Crippen molar-refractivity contribution in [3.63, 3.8) is 0 Å². The van der Waals surface area contributed by atoms with E-state index in [4.69, 9.17) is 8.83 Å². The summed E-state index contributed by atoms with van der Waals surface area (Å²) in [6.07, 6.45) is 0. The van der Waals surface area contributed by atoms with Crippen LogP contribution in [-0.4, -0.2) is 36.3 Å². The number of fused-ring (bicyclic) bond motifs is 2. The van der Waals surface area contributed by atoms with Gasteiger partial charge < -0.3 is 0 Å². The van der Waals surface area contributed by atoms with Gasteiger partial charge >= 0.3 is 258 Å². The fourth-order valence-electron chi connectivity index (χ4n) is 5.51. The fraction of sp³-hybridized carbons (Fsp3) is 0.0500. The van der Waals surface area contributed by atoms with E-state index in [0.29, 0.717) is 55.4 Å². The SMILES string of the molecule is CC(=NNc1nc(-c2ccc(F)cc2)cs1)c1cc2cc([Se]c3ccc4oc(=O)c(C(C)=NNc5nc(-c6ccc(F)cc6)cs5)cc4c3)ccc2oc1=O. The second-order valence-electron chi connectivity index (χ2n) is 12.1. The van der Waals surface area contributed by atoms with Gasteiger partial charge in [-0.3, -0.25) is 0 Å². The molecule has 272 valence electrons. The van der Waals surface area contributed by atoms with E-state index in [1.54, 1.807) is 62.4 Å². The predicted molar refractivity (Wildman–Crippen MR) is 217 cm³/mol. The third kappa shape index (κ3) is 8.05. The van der Waals surface area contributed by atoms with Crippen molar-refractivity contribution in [2.45, 2.75) is 13.8 Å². The number of hydrogen-bond acceptors (Lipinski definition) is 12. The first kappa shape index (κ1) is 35.9. The van der Waals surface area contributed by atoms with Crippen molar-refractivity contribution in [1.29, 1.82) is 0 Å². The third-order valence-electron chi connectivity index (χ3n) is 8.35. The summed E-state index contributed by atoms with van der Waals surface area (Å²) in [5.41, 5.74) is 10.1. The molecule has 4 heterocycles. The van der Waals surface area contributed by atoms with Gasteiger partial charge in [0.2, 0.25) is 0 Å². The molecule has 0 aliphatic carbocycles. The van der Waals surface area contributed by atoms with Crippen LogP contribution in [0.4, 0.5) is 19.0 Å². The molecule has 0 bridgehead atoms. The molecule has 0 saturated carbocycles. The molecule has 0 radical (unpaired) electrons. The normalized spacial score (nSPS) is 12.1. The number of halogens is 2. The number of benzene rings is 4. The molecular formula is C40H26F2N6O4S2Se. The van der Waals surface area contributed by atoms with E-state index < -0.39 is 11.3 Å². The Morgan fingerprint density at radius 3 is 1.45 bits per heavy atom. The molecule has 0 saturated heterocycles. The molecule has 0 fully saturated rings. The predicted octanol–water partition coefficient (Wildman–Crippen LogP) is 7.75. The number of nitrogens with zero attached hydrogens (tertiary/aromatic N) is 4. The molecule has 0 amide bonds. The van der Waals surface area contributed by atoms with Gasteiger partial charge in [0, 0.05) is 0 Å². The van der Waals surface area contributed by atoms with Gasteiger partial charge in [0.1, 0.15) is 11.6 Å². The number of anilines is 2. The number of aromatic nitrogens is 2. The number of hydrazone groups is 2. The Kier molecular flexibility index (Phi) is 9.99. The molecule has 0 aliphatic heterocycles. The molecule has 55 heavy (non-hydrogen) atoms. The Morgan fingerprint density at radius 1 is 0.618 bits per heavy atom. The Morgan fingerprint density at radius 2 is 1.04 bits per heavy atom. The van der Waals surface area contributed by atoms with E-state index in [-0.39, 0.29) is 26.6 Å². The van der Waals surface area contributed by atoms with E-state index in [9.17, 15) is 18.4 Å². The Bertz CT molecular complexity index is 2710. The Hall–Kier alpha value is -6.12. The van der Waals surface area contributed by atoms with E-state index in [1.165, 1.54) is 46.9 Å². The van der Waals surface area contributed by atoms with E-state index in [0.717, 1.165) is 30.8 Å². The van der Waals surface area contributed by atoms with Gasteiger partial charge in [0.15, 0.2) is 0 Å². The summed E-state index contributed by atoms with van der Waals surface area (Å²) in [6.45, 7) is 3.42. The first-order valence-electron chi connectivity index (χ1n) is 16.5. The van der Waals surface area contributed by atoms with Gasteiger partial charge in [0.05, 0.1) is 0 Å². The first-order valence-corrected chi connectivity index (χ1v) is 20.0. The third-order valence-corrected chi connectivity index (χ3v) is 11.9. The molecule has 2 N–H and O–H groups in total. The van der Waals surface area contributed by atoms with Crippen LogP contribution in [0.2, 0.25) is 0 Å². The summed E-state index contributed by atoms with van der Waals surface area (Å²) in [4.78, 5) is 34.8. The molecule has 15 heteroatoms. The summed E-state index contributed by atoms with van der Waals surface area (Å²) in [5.74, 6) is -0.640. The van der Waals surface area contributed by atoms with E-state index in [1.807, 2.05) is 35.0 Å². The number of rotatable bonds is 10. The van der Waals surface area contributed by atoms with E-state index in [2.05, 4.69) is 31.0 Å². The van der Waals surface area contributed by atoms with Crippen LogP contribution in [0.3, 0.4) is 0 Å². The number of hydrogen-bond donors (Lipinski definition) is 2. The van der Waals surface area contributed by atoms with Crippen LogP contribution in [0.15, 0.2) is 136 Å². The van der Waals surface area contributed by atoms with Crippen LogP contribution in [-0.2, 0) is 0 Å². The summed E-state index contributed by atoms with van der Waals surface area (Å²) >= 11 is 2.53. The Labute approximate surface area is 325 Å². The second-order valence-corrected chi connectivity index (χ2v) is 16.2. The molecule has 0 atom stereocenters. The Balaban J connectivity index is 0.983. The molecule has 8 rings (SSSR count). The average Bonchev–Trinajstić information content (AvgIpc) is 3.87. The average molecular weight is 836 g/mol. The van der Waals surface area contributed by atoms with Crippen molar-refractivity contribution >= 4 is 90.2 Å². The van der Waals surface area contributed by atoms with Gasteiger partial charge in [-0.15, -0.1) is 0 Å². The fourth-order valence-corrected chi connectivity index (χ4v) is 8.76. The van der Waals surface area contributed by atoms with Gasteiger partial charge in [-0.1, -0.05) is 0 Å². The number of thiazole rings is 2. The van der Waals surface area contributed by atoms with Crippen LogP contribution in [0.1, 0.15) is 25.0 Å². The molecular weight excluding hydrogens is 810 g/mol. The van der Waals surface area contributed by atoms with Gasteiger partial charge in [-0.2, -0.15) is 0 Å². The van der Waals surface area contributed by atoms with Crippen LogP contribution in [0.5, 0.6) is 0 Å². The standard InChI is InChI=1S/C40H26F2N6O4S2Se/c1-21(45-47-39-43-33(19-53-39)23-3-7-27(41)8-4-23)31-17-25-15-29(11-13-35(25)51-37(31)49)55-30-12-14-36-26(16-30)18-32(38(50)52-36)22(2)46-48-40-44-34(20-54-40)24-5-9-28(42)10-6-24/h3-20H,1-2H3,(H,43,47)(H,44,48).